The number of aromatic amines is 1. The summed E-state index contributed by atoms with van der Waals surface area (Å²) < 4.78 is 0. The van der Waals surface area contributed by atoms with Gasteiger partial charge in [-0.3, -0.25) is 9.78 Å². The Bertz CT molecular complexity index is 778. The SMILES string of the molecule is Cc1ccc2c(=O)[nH]nc(Cc3cccnc3)c2c1. The third-order valence-electron chi connectivity index (χ3n) is 3.12. The highest BCUT2D eigenvalue weighted by Gasteiger charge is 2.07. The predicted octanol–water partition coefficient (Wildman–Crippen LogP) is 2.22. The summed E-state index contributed by atoms with van der Waals surface area (Å²) >= 11 is 0. The maximum absolute atomic E-state index is 11.8. The Hall–Kier alpha value is -2.49. The molecule has 1 N–H and O–H groups in total. The average Bonchev–Trinajstić information content (AvgIpc) is 2.43. The summed E-state index contributed by atoms with van der Waals surface area (Å²) in [4.78, 5) is 15.9. The molecular formula is C15H13N3O. The minimum Gasteiger partial charge on any atom is -0.267 e. The van der Waals surface area contributed by atoms with E-state index in [1.165, 1.54) is 0 Å². The summed E-state index contributed by atoms with van der Waals surface area (Å²) in [7, 11) is 0. The molecule has 0 unspecified atom stereocenters. The van der Waals surface area contributed by atoms with E-state index in [2.05, 4.69) is 15.2 Å². The van der Waals surface area contributed by atoms with Crippen molar-refractivity contribution in [3.63, 3.8) is 0 Å². The Morgan fingerprint density at radius 1 is 1.21 bits per heavy atom. The Labute approximate surface area is 110 Å². The van der Waals surface area contributed by atoms with Crippen LogP contribution in [0.1, 0.15) is 16.8 Å². The van der Waals surface area contributed by atoms with E-state index in [1.54, 1.807) is 6.20 Å². The minimum absolute atomic E-state index is 0.148. The minimum atomic E-state index is -0.148. The number of hydrogen-bond acceptors (Lipinski definition) is 3. The molecule has 94 valence electrons. The highest BCUT2D eigenvalue weighted by atomic mass is 16.1. The van der Waals surface area contributed by atoms with Gasteiger partial charge in [-0.2, -0.15) is 5.10 Å². The highest BCUT2D eigenvalue weighted by Crippen LogP contribution is 2.17. The van der Waals surface area contributed by atoms with Crippen LogP contribution in [0.25, 0.3) is 10.8 Å². The van der Waals surface area contributed by atoms with Gasteiger partial charge in [0.1, 0.15) is 0 Å². The first-order chi connectivity index (χ1) is 9.24. The molecule has 4 heteroatoms. The van der Waals surface area contributed by atoms with Gasteiger partial charge in [-0.15, -0.1) is 0 Å². The zero-order valence-corrected chi connectivity index (χ0v) is 10.6. The Kier molecular flexibility index (Phi) is 2.83. The first kappa shape index (κ1) is 11.6. The number of rotatable bonds is 2. The number of hydrogen-bond donors (Lipinski definition) is 1. The number of nitrogens with one attached hydrogen (secondary N) is 1. The molecule has 0 saturated carbocycles. The van der Waals surface area contributed by atoms with Gasteiger partial charge < -0.3 is 0 Å². The average molecular weight is 251 g/mol. The van der Waals surface area contributed by atoms with Crippen LogP contribution in [0.5, 0.6) is 0 Å². The van der Waals surface area contributed by atoms with Crippen molar-refractivity contribution >= 4 is 10.8 Å². The second kappa shape index (κ2) is 4.65. The van der Waals surface area contributed by atoms with Gasteiger partial charge in [-0.05, 0) is 30.7 Å². The van der Waals surface area contributed by atoms with Crippen molar-refractivity contribution < 1.29 is 0 Å². The molecule has 0 aliphatic rings. The molecule has 0 atom stereocenters. The van der Waals surface area contributed by atoms with E-state index in [-0.39, 0.29) is 5.56 Å². The molecule has 0 bridgehead atoms. The van der Waals surface area contributed by atoms with Gasteiger partial charge in [0, 0.05) is 24.2 Å². The second-order valence-corrected chi connectivity index (χ2v) is 4.59. The summed E-state index contributed by atoms with van der Waals surface area (Å²) in [5.41, 5.74) is 2.91. The highest BCUT2D eigenvalue weighted by molar-refractivity contribution is 5.84. The van der Waals surface area contributed by atoms with Crippen molar-refractivity contribution in [3.8, 4) is 0 Å². The molecule has 4 nitrogen and oxygen atoms in total. The van der Waals surface area contributed by atoms with Crippen molar-refractivity contribution in [1.29, 1.82) is 0 Å². The lowest BCUT2D eigenvalue weighted by molar-refractivity contribution is 0.931. The van der Waals surface area contributed by atoms with E-state index >= 15 is 0 Å². The molecule has 0 aliphatic carbocycles. The molecule has 0 spiro atoms. The molecule has 1 aromatic carbocycles. The molecule has 0 saturated heterocycles. The maximum Gasteiger partial charge on any atom is 0.272 e. The fraction of sp³-hybridized carbons (Fsp3) is 0.133. The standard InChI is InChI=1S/C15H13N3O/c1-10-4-5-12-13(7-10)14(17-18-15(12)19)8-11-3-2-6-16-9-11/h2-7,9H,8H2,1H3,(H,18,19). The Balaban J connectivity index is 2.16. The fourth-order valence-electron chi connectivity index (χ4n) is 2.16. The van der Waals surface area contributed by atoms with Crippen molar-refractivity contribution in [1.82, 2.24) is 15.2 Å². The topological polar surface area (TPSA) is 58.6 Å². The van der Waals surface area contributed by atoms with Crippen LogP contribution < -0.4 is 5.56 Å². The van der Waals surface area contributed by atoms with E-state index < -0.39 is 0 Å². The largest absolute Gasteiger partial charge is 0.272 e. The predicted molar refractivity (Wildman–Crippen MR) is 74.1 cm³/mol. The van der Waals surface area contributed by atoms with Gasteiger partial charge in [-0.25, -0.2) is 5.10 Å². The van der Waals surface area contributed by atoms with Crippen molar-refractivity contribution in [2.75, 3.05) is 0 Å². The van der Waals surface area contributed by atoms with Crippen LogP contribution in [0.2, 0.25) is 0 Å². The summed E-state index contributed by atoms with van der Waals surface area (Å²) in [6, 6.07) is 9.68. The van der Waals surface area contributed by atoms with Crippen molar-refractivity contribution in [2.24, 2.45) is 0 Å². The normalized spacial score (nSPS) is 10.8. The van der Waals surface area contributed by atoms with Gasteiger partial charge in [0.25, 0.3) is 5.56 Å². The van der Waals surface area contributed by atoms with Gasteiger partial charge in [0.2, 0.25) is 0 Å². The van der Waals surface area contributed by atoms with Gasteiger partial charge in [0.05, 0.1) is 11.1 Å². The van der Waals surface area contributed by atoms with Crippen LogP contribution in [-0.2, 0) is 6.42 Å². The third-order valence-corrected chi connectivity index (χ3v) is 3.12. The van der Waals surface area contributed by atoms with Crippen LogP contribution >= 0.6 is 0 Å². The lowest BCUT2D eigenvalue weighted by Gasteiger charge is -2.05. The zero-order chi connectivity index (χ0) is 13.2. The molecule has 0 amide bonds. The number of benzene rings is 1. The first-order valence-corrected chi connectivity index (χ1v) is 6.11. The lowest BCUT2D eigenvalue weighted by atomic mass is 10.0. The summed E-state index contributed by atoms with van der Waals surface area (Å²) in [6.45, 7) is 2.01. The quantitative estimate of drug-likeness (QED) is 0.759. The monoisotopic (exact) mass is 251 g/mol. The Morgan fingerprint density at radius 2 is 2.11 bits per heavy atom. The van der Waals surface area contributed by atoms with Crippen LogP contribution in [0, 0.1) is 6.92 Å². The van der Waals surface area contributed by atoms with Crippen molar-refractivity contribution in [2.45, 2.75) is 13.3 Å². The van der Waals surface area contributed by atoms with E-state index in [1.807, 2.05) is 43.5 Å². The van der Waals surface area contributed by atoms with Crippen LogP contribution in [0.3, 0.4) is 0 Å². The summed E-state index contributed by atoms with van der Waals surface area (Å²) in [5, 5.41) is 8.32. The summed E-state index contributed by atoms with van der Waals surface area (Å²) in [6.07, 6.45) is 4.21. The Morgan fingerprint density at radius 3 is 2.89 bits per heavy atom. The molecule has 0 radical (unpaired) electrons. The van der Waals surface area contributed by atoms with E-state index in [0.29, 0.717) is 11.8 Å². The first-order valence-electron chi connectivity index (χ1n) is 6.11. The molecule has 0 fully saturated rings. The number of aromatic nitrogens is 3. The van der Waals surface area contributed by atoms with E-state index in [9.17, 15) is 4.79 Å². The number of H-pyrrole nitrogens is 1. The van der Waals surface area contributed by atoms with Gasteiger partial charge in [0.15, 0.2) is 0 Å². The van der Waals surface area contributed by atoms with Gasteiger partial charge in [-0.1, -0.05) is 17.7 Å². The molecular weight excluding hydrogens is 238 g/mol. The zero-order valence-electron chi connectivity index (χ0n) is 10.6. The molecule has 3 aromatic rings. The molecule has 2 heterocycles. The van der Waals surface area contributed by atoms with Crippen LogP contribution in [-0.4, -0.2) is 15.2 Å². The molecule has 2 aromatic heterocycles. The van der Waals surface area contributed by atoms with E-state index in [4.69, 9.17) is 0 Å². The van der Waals surface area contributed by atoms with Crippen molar-refractivity contribution in [3.05, 3.63) is 69.9 Å². The summed E-state index contributed by atoms with van der Waals surface area (Å²) in [5.74, 6) is 0. The second-order valence-electron chi connectivity index (χ2n) is 4.59. The van der Waals surface area contributed by atoms with Crippen LogP contribution in [0.4, 0.5) is 0 Å². The third kappa shape index (κ3) is 2.25. The number of fused-ring (bicyclic) bond motifs is 1. The van der Waals surface area contributed by atoms with E-state index in [0.717, 1.165) is 22.2 Å². The number of aryl methyl sites for hydroxylation is 1. The maximum atomic E-state index is 11.8. The van der Waals surface area contributed by atoms with Gasteiger partial charge >= 0.3 is 0 Å². The number of pyridine rings is 1. The van der Waals surface area contributed by atoms with Crippen LogP contribution in [0.15, 0.2) is 47.5 Å². The fourth-order valence-corrected chi connectivity index (χ4v) is 2.16. The smallest absolute Gasteiger partial charge is 0.267 e. The molecule has 0 aliphatic heterocycles. The molecule has 19 heavy (non-hydrogen) atoms. The molecule has 3 rings (SSSR count). The lowest BCUT2D eigenvalue weighted by Crippen LogP contribution is -2.11. The number of nitrogens with zero attached hydrogens (tertiary/aromatic N) is 2.